The molecule has 0 aliphatic carbocycles. The molecule has 2 rings (SSSR count). The predicted octanol–water partition coefficient (Wildman–Crippen LogP) is 1.90. The van der Waals surface area contributed by atoms with Gasteiger partial charge in [-0.2, -0.15) is 0 Å². The fourth-order valence-corrected chi connectivity index (χ4v) is 1.82. The number of benzene rings is 1. The topological polar surface area (TPSA) is 70.9 Å². The van der Waals surface area contributed by atoms with E-state index in [1.165, 1.54) is 11.1 Å². The maximum atomic E-state index is 11.3. The minimum Gasteiger partial charge on any atom is -0.357 e. The highest BCUT2D eigenvalue weighted by atomic mass is 16.2. The SMILES string of the molecule is Cc1cccc(-c2c[nH]c(C(=O)NN)c2)c1C. The number of aromatic nitrogens is 1. The number of nitrogens with two attached hydrogens (primary N) is 1. The molecule has 0 atom stereocenters. The van der Waals surface area contributed by atoms with Crippen molar-refractivity contribution in [2.24, 2.45) is 5.84 Å². The molecule has 4 nitrogen and oxygen atoms in total. The summed E-state index contributed by atoms with van der Waals surface area (Å²) >= 11 is 0. The normalized spacial score (nSPS) is 10.3. The van der Waals surface area contributed by atoms with Crippen LogP contribution in [0.25, 0.3) is 11.1 Å². The molecule has 17 heavy (non-hydrogen) atoms. The number of hydrogen-bond acceptors (Lipinski definition) is 2. The Bertz CT molecular complexity index is 558. The lowest BCUT2D eigenvalue weighted by Gasteiger charge is -2.05. The van der Waals surface area contributed by atoms with Gasteiger partial charge in [0.15, 0.2) is 0 Å². The monoisotopic (exact) mass is 229 g/mol. The number of carbonyl (C=O) groups is 1. The maximum Gasteiger partial charge on any atom is 0.281 e. The van der Waals surface area contributed by atoms with E-state index in [0.717, 1.165) is 11.1 Å². The Hall–Kier alpha value is -2.07. The minimum absolute atomic E-state index is 0.318. The van der Waals surface area contributed by atoms with Gasteiger partial charge in [0.05, 0.1) is 0 Å². The summed E-state index contributed by atoms with van der Waals surface area (Å²) in [7, 11) is 0. The third-order valence-electron chi connectivity index (χ3n) is 2.97. The Morgan fingerprint density at radius 2 is 2.12 bits per heavy atom. The average Bonchev–Trinajstić information content (AvgIpc) is 2.81. The fourth-order valence-electron chi connectivity index (χ4n) is 1.82. The Morgan fingerprint density at radius 1 is 1.35 bits per heavy atom. The van der Waals surface area contributed by atoms with Crippen molar-refractivity contribution in [3.8, 4) is 11.1 Å². The molecule has 1 heterocycles. The molecule has 0 radical (unpaired) electrons. The summed E-state index contributed by atoms with van der Waals surface area (Å²) in [6.07, 6.45) is 1.81. The van der Waals surface area contributed by atoms with E-state index in [1.807, 2.05) is 18.3 Å². The molecule has 4 heteroatoms. The van der Waals surface area contributed by atoms with Crippen molar-refractivity contribution in [3.05, 3.63) is 47.3 Å². The van der Waals surface area contributed by atoms with E-state index in [0.29, 0.717) is 5.69 Å². The molecule has 2 aromatic rings. The maximum absolute atomic E-state index is 11.3. The highest BCUT2D eigenvalue weighted by molar-refractivity contribution is 5.93. The van der Waals surface area contributed by atoms with Gasteiger partial charge in [0.25, 0.3) is 5.91 Å². The zero-order chi connectivity index (χ0) is 12.4. The van der Waals surface area contributed by atoms with Crippen LogP contribution >= 0.6 is 0 Å². The van der Waals surface area contributed by atoms with Gasteiger partial charge in [0.2, 0.25) is 0 Å². The van der Waals surface area contributed by atoms with Crippen LogP contribution in [0.2, 0.25) is 0 Å². The molecule has 0 spiro atoms. The van der Waals surface area contributed by atoms with Crippen LogP contribution < -0.4 is 11.3 Å². The number of aryl methyl sites for hydroxylation is 1. The molecule has 1 amide bonds. The summed E-state index contributed by atoms with van der Waals surface area (Å²) in [6, 6.07) is 7.91. The number of nitrogen functional groups attached to an aromatic ring is 1. The zero-order valence-corrected chi connectivity index (χ0v) is 9.87. The van der Waals surface area contributed by atoms with Crippen LogP contribution in [0.5, 0.6) is 0 Å². The van der Waals surface area contributed by atoms with Crippen molar-refractivity contribution in [1.82, 2.24) is 10.4 Å². The van der Waals surface area contributed by atoms with Gasteiger partial charge < -0.3 is 4.98 Å². The molecule has 0 aliphatic rings. The highest BCUT2D eigenvalue weighted by Gasteiger charge is 2.09. The number of hydrogen-bond donors (Lipinski definition) is 3. The molecule has 0 aliphatic heterocycles. The van der Waals surface area contributed by atoms with Gasteiger partial charge in [-0.25, -0.2) is 5.84 Å². The van der Waals surface area contributed by atoms with Gasteiger partial charge in [-0.1, -0.05) is 18.2 Å². The molecule has 0 unspecified atom stereocenters. The Morgan fingerprint density at radius 3 is 2.82 bits per heavy atom. The van der Waals surface area contributed by atoms with E-state index in [4.69, 9.17) is 5.84 Å². The summed E-state index contributed by atoms with van der Waals surface area (Å²) in [5.74, 6) is 4.77. The first-order valence-corrected chi connectivity index (χ1v) is 5.39. The van der Waals surface area contributed by atoms with Crippen LogP contribution in [0.3, 0.4) is 0 Å². The van der Waals surface area contributed by atoms with Crippen molar-refractivity contribution in [2.45, 2.75) is 13.8 Å². The summed E-state index contributed by atoms with van der Waals surface area (Å²) in [4.78, 5) is 14.3. The fraction of sp³-hybridized carbons (Fsp3) is 0.154. The second-order valence-corrected chi connectivity index (χ2v) is 4.02. The smallest absolute Gasteiger partial charge is 0.281 e. The number of nitrogens with one attached hydrogen (secondary N) is 2. The third-order valence-corrected chi connectivity index (χ3v) is 2.97. The Kier molecular flexibility index (Phi) is 2.97. The van der Waals surface area contributed by atoms with Gasteiger partial charge >= 0.3 is 0 Å². The largest absolute Gasteiger partial charge is 0.357 e. The van der Waals surface area contributed by atoms with E-state index in [9.17, 15) is 4.79 Å². The minimum atomic E-state index is -0.318. The van der Waals surface area contributed by atoms with E-state index in [1.54, 1.807) is 6.07 Å². The van der Waals surface area contributed by atoms with Gasteiger partial charge in [-0.15, -0.1) is 0 Å². The first-order valence-electron chi connectivity index (χ1n) is 5.39. The van der Waals surface area contributed by atoms with Crippen molar-refractivity contribution in [2.75, 3.05) is 0 Å². The predicted molar refractivity (Wildman–Crippen MR) is 67.4 cm³/mol. The van der Waals surface area contributed by atoms with Crippen LogP contribution in [0.4, 0.5) is 0 Å². The summed E-state index contributed by atoms with van der Waals surface area (Å²) < 4.78 is 0. The molecule has 88 valence electrons. The average molecular weight is 229 g/mol. The highest BCUT2D eigenvalue weighted by Crippen LogP contribution is 2.25. The second kappa shape index (κ2) is 4.43. The quantitative estimate of drug-likeness (QED) is 0.418. The molecule has 0 bridgehead atoms. The van der Waals surface area contributed by atoms with Gasteiger partial charge in [-0.3, -0.25) is 10.2 Å². The molecule has 1 aromatic carbocycles. The first-order chi connectivity index (χ1) is 8.13. The third kappa shape index (κ3) is 2.07. The number of H-pyrrole nitrogens is 1. The number of aromatic amines is 1. The van der Waals surface area contributed by atoms with Gasteiger partial charge in [0, 0.05) is 11.8 Å². The van der Waals surface area contributed by atoms with Crippen LogP contribution in [0, 0.1) is 13.8 Å². The Balaban J connectivity index is 2.44. The standard InChI is InChI=1S/C13H15N3O/c1-8-4-3-5-11(9(8)2)10-6-12(15-7-10)13(17)16-14/h3-7,15H,14H2,1-2H3,(H,16,17). The second-order valence-electron chi connectivity index (χ2n) is 4.02. The van der Waals surface area contributed by atoms with Crippen molar-refractivity contribution in [1.29, 1.82) is 0 Å². The van der Waals surface area contributed by atoms with E-state index in [2.05, 4.69) is 30.3 Å². The summed E-state index contributed by atoms with van der Waals surface area (Å²) in [5, 5.41) is 0. The molecule has 0 fully saturated rings. The molecule has 0 saturated heterocycles. The van der Waals surface area contributed by atoms with Crippen LogP contribution in [0.1, 0.15) is 21.6 Å². The number of amides is 1. The lowest BCUT2D eigenvalue weighted by molar-refractivity contribution is 0.0949. The molecule has 1 aromatic heterocycles. The van der Waals surface area contributed by atoms with Crippen LogP contribution in [-0.2, 0) is 0 Å². The number of hydrazine groups is 1. The molecule has 0 saturated carbocycles. The van der Waals surface area contributed by atoms with Crippen molar-refractivity contribution >= 4 is 5.91 Å². The van der Waals surface area contributed by atoms with Crippen LogP contribution in [0.15, 0.2) is 30.5 Å². The summed E-state index contributed by atoms with van der Waals surface area (Å²) in [5.41, 5.74) is 7.12. The number of rotatable bonds is 2. The Labute approximate surface area is 99.8 Å². The number of carbonyl (C=O) groups excluding carboxylic acids is 1. The van der Waals surface area contributed by atoms with Crippen molar-refractivity contribution < 1.29 is 4.79 Å². The lowest BCUT2D eigenvalue weighted by atomic mass is 9.99. The van der Waals surface area contributed by atoms with E-state index < -0.39 is 0 Å². The van der Waals surface area contributed by atoms with E-state index >= 15 is 0 Å². The van der Waals surface area contributed by atoms with E-state index in [-0.39, 0.29) is 5.91 Å². The molecular formula is C13H15N3O. The molecular weight excluding hydrogens is 214 g/mol. The summed E-state index contributed by atoms with van der Waals surface area (Å²) in [6.45, 7) is 4.14. The lowest BCUT2D eigenvalue weighted by Crippen LogP contribution is -2.30. The first kappa shape index (κ1) is 11.4. The van der Waals surface area contributed by atoms with Crippen molar-refractivity contribution in [3.63, 3.8) is 0 Å². The van der Waals surface area contributed by atoms with Crippen LogP contribution in [-0.4, -0.2) is 10.9 Å². The van der Waals surface area contributed by atoms with Gasteiger partial charge in [-0.05, 0) is 36.6 Å². The zero-order valence-electron chi connectivity index (χ0n) is 9.87. The molecule has 4 N–H and O–H groups in total. The van der Waals surface area contributed by atoms with Gasteiger partial charge in [0.1, 0.15) is 5.69 Å².